The summed E-state index contributed by atoms with van der Waals surface area (Å²) in [7, 11) is 1.69. The number of para-hydroxylation sites is 2. The maximum Gasteiger partial charge on any atom is 0.298 e. The molecule has 164 valence electrons. The third-order valence-electron chi connectivity index (χ3n) is 6.59. The number of hydrogen-bond donors (Lipinski definition) is 0. The number of carbonyl (C=O) groups excluding carboxylic acids is 1. The summed E-state index contributed by atoms with van der Waals surface area (Å²) in [5, 5.41) is 0. The van der Waals surface area contributed by atoms with Crippen LogP contribution in [0.3, 0.4) is 0 Å². The quantitative estimate of drug-likeness (QED) is 0.694. The van der Waals surface area contributed by atoms with Crippen LogP contribution < -0.4 is 4.90 Å². The van der Waals surface area contributed by atoms with Gasteiger partial charge in [-0.15, -0.1) is 0 Å². The second-order valence-corrected chi connectivity index (χ2v) is 8.43. The van der Waals surface area contributed by atoms with Gasteiger partial charge in [0.15, 0.2) is 5.58 Å². The molecule has 2 fully saturated rings. The molecule has 0 bridgehead atoms. The number of piperidine rings is 2. The average molecular weight is 415 g/mol. The highest BCUT2D eigenvalue weighted by atomic mass is 16.5. The molecule has 2 aromatic rings. The fourth-order valence-electron chi connectivity index (χ4n) is 4.84. The first-order valence-electron chi connectivity index (χ1n) is 11.3. The van der Waals surface area contributed by atoms with Crippen molar-refractivity contribution in [1.29, 1.82) is 0 Å². The average Bonchev–Trinajstić information content (AvgIpc) is 3.24. The number of carbonyl (C=O) groups is 1. The highest BCUT2D eigenvalue weighted by Crippen LogP contribution is 2.28. The van der Waals surface area contributed by atoms with E-state index in [1.54, 1.807) is 7.11 Å². The van der Waals surface area contributed by atoms with Gasteiger partial charge in [-0.3, -0.25) is 9.69 Å². The van der Waals surface area contributed by atoms with Crippen molar-refractivity contribution in [2.45, 2.75) is 38.6 Å². The normalized spacial score (nSPS) is 21.3. The van der Waals surface area contributed by atoms with E-state index in [9.17, 15) is 4.79 Å². The second kappa shape index (κ2) is 9.79. The summed E-state index contributed by atoms with van der Waals surface area (Å²) in [6.45, 7) is 7.97. The van der Waals surface area contributed by atoms with Gasteiger partial charge in [0.05, 0.1) is 12.5 Å². The number of anilines is 1. The number of fused-ring (bicyclic) bond motifs is 1. The molecule has 1 atom stereocenters. The summed E-state index contributed by atoms with van der Waals surface area (Å²) in [5.74, 6) is 0.411. The Balaban J connectivity index is 1.32. The molecule has 7 heteroatoms. The number of oxazole rings is 1. The topological polar surface area (TPSA) is 62.1 Å². The van der Waals surface area contributed by atoms with Crippen LogP contribution in [0.1, 0.15) is 32.6 Å². The molecular formula is C23H34N4O3. The maximum atomic E-state index is 13.0. The first kappa shape index (κ1) is 21.1. The minimum Gasteiger partial charge on any atom is -0.423 e. The Bertz CT molecular complexity index is 798. The Morgan fingerprint density at radius 1 is 1.23 bits per heavy atom. The summed E-state index contributed by atoms with van der Waals surface area (Å²) < 4.78 is 11.1. The Morgan fingerprint density at radius 2 is 2.03 bits per heavy atom. The number of nitrogens with zero attached hydrogens (tertiary/aromatic N) is 4. The maximum absolute atomic E-state index is 13.0. The highest BCUT2D eigenvalue weighted by Gasteiger charge is 2.33. The van der Waals surface area contributed by atoms with Gasteiger partial charge in [-0.05, 0) is 51.3 Å². The number of methoxy groups -OCH3 is 1. The van der Waals surface area contributed by atoms with Crippen LogP contribution in [0.5, 0.6) is 0 Å². The Hall–Kier alpha value is -2.12. The SMILES string of the molecule is CCN(CCOC)C(=O)C1CCCN(C2CCN(c3nc4ccccc4o3)CC2)C1. The first-order valence-corrected chi connectivity index (χ1v) is 11.3. The van der Waals surface area contributed by atoms with Gasteiger partial charge in [0.25, 0.3) is 6.01 Å². The number of hydrogen-bond acceptors (Lipinski definition) is 6. The predicted octanol–water partition coefficient (Wildman–Crippen LogP) is 3.00. The molecule has 30 heavy (non-hydrogen) atoms. The molecule has 2 aliphatic heterocycles. The molecule has 1 unspecified atom stereocenters. The Kier molecular flexibility index (Phi) is 6.89. The number of benzene rings is 1. The fraction of sp³-hybridized carbons (Fsp3) is 0.652. The largest absolute Gasteiger partial charge is 0.423 e. The molecule has 0 radical (unpaired) electrons. The van der Waals surface area contributed by atoms with Crippen LogP contribution >= 0.6 is 0 Å². The minimum atomic E-state index is 0.116. The van der Waals surface area contributed by atoms with Gasteiger partial charge in [0.1, 0.15) is 5.52 Å². The molecule has 0 saturated carbocycles. The summed E-state index contributed by atoms with van der Waals surface area (Å²) in [6, 6.07) is 9.20. The molecule has 0 spiro atoms. The van der Waals surface area contributed by atoms with E-state index in [1.165, 1.54) is 0 Å². The zero-order valence-electron chi connectivity index (χ0n) is 18.3. The first-order chi connectivity index (χ1) is 14.7. The molecule has 0 N–H and O–H groups in total. The number of rotatable bonds is 7. The molecule has 0 aliphatic carbocycles. The number of ether oxygens (including phenoxy) is 1. The van der Waals surface area contributed by atoms with E-state index in [0.29, 0.717) is 25.1 Å². The van der Waals surface area contributed by atoms with Gasteiger partial charge < -0.3 is 19.0 Å². The Labute approximate surface area is 179 Å². The van der Waals surface area contributed by atoms with Crippen molar-refractivity contribution >= 4 is 23.0 Å². The van der Waals surface area contributed by atoms with Crippen LogP contribution in [0.25, 0.3) is 11.1 Å². The zero-order chi connectivity index (χ0) is 20.9. The van der Waals surface area contributed by atoms with Gasteiger partial charge in [-0.2, -0.15) is 4.98 Å². The van der Waals surface area contributed by atoms with Crippen molar-refractivity contribution in [3.8, 4) is 0 Å². The van der Waals surface area contributed by atoms with E-state index < -0.39 is 0 Å². The minimum absolute atomic E-state index is 0.116. The number of aromatic nitrogens is 1. The van der Waals surface area contributed by atoms with E-state index >= 15 is 0 Å². The summed E-state index contributed by atoms with van der Waals surface area (Å²) >= 11 is 0. The Morgan fingerprint density at radius 3 is 2.77 bits per heavy atom. The summed E-state index contributed by atoms with van der Waals surface area (Å²) in [6.07, 6.45) is 4.27. The van der Waals surface area contributed by atoms with Gasteiger partial charge >= 0.3 is 0 Å². The highest BCUT2D eigenvalue weighted by molar-refractivity contribution is 5.79. The zero-order valence-corrected chi connectivity index (χ0v) is 18.3. The van der Waals surface area contributed by atoms with Crippen molar-refractivity contribution in [3.05, 3.63) is 24.3 Å². The van der Waals surface area contributed by atoms with E-state index in [2.05, 4.69) is 21.7 Å². The van der Waals surface area contributed by atoms with Gasteiger partial charge in [-0.1, -0.05) is 12.1 Å². The van der Waals surface area contributed by atoms with E-state index in [4.69, 9.17) is 9.15 Å². The summed E-state index contributed by atoms with van der Waals surface area (Å²) in [4.78, 5) is 24.4. The molecule has 1 amide bonds. The fourth-order valence-corrected chi connectivity index (χ4v) is 4.84. The van der Waals surface area contributed by atoms with Crippen LogP contribution in [0.2, 0.25) is 0 Å². The predicted molar refractivity (Wildman–Crippen MR) is 118 cm³/mol. The van der Waals surface area contributed by atoms with Crippen LogP contribution in [0.4, 0.5) is 6.01 Å². The molecule has 2 aliphatic rings. The van der Waals surface area contributed by atoms with Crippen LogP contribution in [-0.4, -0.2) is 79.7 Å². The van der Waals surface area contributed by atoms with Crippen molar-refractivity contribution in [3.63, 3.8) is 0 Å². The van der Waals surface area contributed by atoms with Gasteiger partial charge in [0.2, 0.25) is 5.91 Å². The van der Waals surface area contributed by atoms with Crippen molar-refractivity contribution in [2.24, 2.45) is 5.92 Å². The molecular weight excluding hydrogens is 380 g/mol. The van der Waals surface area contributed by atoms with Crippen molar-refractivity contribution in [2.75, 3.05) is 57.9 Å². The van der Waals surface area contributed by atoms with E-state index in [0.717, 1.165) is 75.5 Å². The lowest BCUT2D eigenvalue weighted by Crippen LogP contribution is -2.51. The third-order valence-corrected chi connectivity index (χ3v) is 6.59. The monoisotopic (exact) mass is 414 g/mol. The van der Waals surface area contributed by atoms with Crippen LogP contribution in [-0.2, 0) is 9.53 Å². The van der Waals surface area contributed by atoms with Crippen molar-refractivity contribution in [1.82, 2.24) is 14.8 Å². The second-order valence-electron chi connectivity index (χ2n) is 8.43. The molecule has 2 saturated heterocycles. The van der Waals surface area contributed by atoms with E-state index in [1.807, 2.05) is 29.2 Å². The molecule has 4 rings (SSSR count). The smallest absolute Gasteiger partial charge is 0.298 e. The lowest BCUT2D eigenvalue weighted by atomic mass is 9.93. The standard InChI is InChI=1S/C23H34N4O3/c1-3-25(15-16-29-2)22(28)18-7-6-12-27(17-18)19-10-13-26(14-11-19)23-24-20-8-4-5-9-21(20)30-23/h4-5,8-9,18-19H,3,6-7,10-17H2,1-2H3. The van der Waals surface area contributed by atoms with Crippen LogP contribution in [0.15, 0.2) is 28.7 Å². The molecule has 1 aromatic carbocycles. The molecule has 1 aromatic heterocycles. The lowest BCUT2D eigenvalue weighted by molar-refractivity contribution is -0.138. The number of amides is 1. The molecule has 7 nitrogen and oxygen atoms in total. The summed E-state index contributed by atoms with van der Waals surface area (Å²) in [5.41, 5.74) is 1.77. The van der Waals surface area contributed by atoms with Gasteiger partial charge in [0, 0.05) is 45.9 Å². The van der Waals surface area contributed by atoms with Crippen molar-refractivity contribution < 1.29 is 13.9 Å². The molecule has 3 heterocycles. The van der Waals surface area contributed by atoms with Gasteiger partial charge in [-0.25, -0.2) is 0 Å². The van der Waals surface area contributed by atoms with Crippen LogP contribution in [0, 0.1) is 5.92 Å². The third kappa shape index (κ3) is 4.62. The number of likely N-dealkylation sites (tertiary alicyclic amines) is 1. The lowest BCUT2D eigenvalue weighted by Gasteiger charge is -2.42. The van der Waals surface area contributed by atoms with E-state index in [-0.39, 0.29) is 5.92 Å². The number of likely N-dealkylation sites (N-methyl/N-ethyl adjacent to an activating group) is 1.